The number of hydrogen-bond donors (Lipinski definition) is 2. The van der Waals surface area contributed by atoms with Gasteiger partial charge in [0.2, 0.25) is 0 Å². The highest BCUT2D eigenvalue weighted by molar-refractivity contribution is 4.56. The maximum Gasteiger partial charge on any atom is 0.0540 e. The SMILES string of the molecule is CCCCCCCCC(O)CCCCO. The molecule has 0 amide bonds. The molecule has 0 aromatic carbocycles. The Labute approximate surface area is 94.7 Å². The first-order valence-electron chi connectivity index (χ1n) is 6.60. The van der Waals surface area contributed by atoms with Crippen LogP contribution in [0.15, 0.2) is 0 Å². The molecule has 0 bridgehead atoms. The molecule has 15 heavy (non-hydrogen) atoms. The van der Waals surface area contributed by atoms with Gasteiger partial charge in [0, 0.05) is 6.61 Å². The molecule has 0 radical (unpaired) electrons. The molecule has 2 nitrogen and oxygen atoms in total. The van der Waals surface area contributed by atoms with Crippen molar-refractivity contribution in [2.24, 2.45) is 0 Å². The van der Waals surface area contributed by atoms with Crippen LogP contribution < -0.4 is 0 Å². The highest BCUT2D eigenvalue weighted by atomic mass is 16.3. The van der Waals surface area contributed by atoms with Gasteiger partial charge in [-0.2, -0.15) is 0 Å². The van der Waals surface area contributed by atoms with Crippen LogP contribution in [0.2, 0.25) is 0 Å². The van der Waals surface area contributed by atoms with Crippen molar-refractivity contribution in [1.29, 1.82) is 0 Å². The molecule has 1 atom stereocenters. The van der Waals surface area contributed by atoms with E-state index in [0.29, 0.717) is 0 Å². The normalized spacial score (nSPS) is 13.0. The molecule has 0 saturated heterocycles. The third kappa shape index (κ3) is 11.8. The first kappa shape index (κ1) is 14.9. The zero-order chi connectivity index (χ0) is 11.4. The average Bonchev–Trinajstić information content (AvgIpc) is 2.23. The van der Waals surface area contributed by atoms with Crippen LogP contribution in [-0.2, 0) is 0 Å². The molecule has 2 heteroatoms. The van der Waals surface area contributed by atoms with Crippen LogP contribution in [-0.4, -0.2) is 22.9 Å². The van der Waals surface area contributed by atoms with Crippen LogP contribution in [0.5, 0.6) is 0 Å². The fourth-order valence-corrected chi connectivity index (χ4v) is 1.80. The zero-order valence-electron chi connectivity index (χ0n) is 10.2. The lowest BCUT2D eigenvalue weighted by Crippen LogP contribution is -2.06. The zero-order valence-corrected chi connectivity index (χ0v) is 10.2. The van der Waals surface area contributed by atoms with E-state index in [-0.39, 0.29) is 12.7 Å². The Hall–Kier alpha value is -0.0800. The van der Waals surface area contributed by atoms with Crippen LogP contribution >= 0.6 is 0 Å². The lowest BCUT2D eigenvalue weighted by atomic mass is 10.0. The van der Waals surface area contributed by atoms with Crippen molar-refractivity contribution in [3.8, 4) is 0 Å². The monoisotopic (exact) mass is 216 g/mol. The summed E-state index contributed by atoms with van der Waals surface area (Å²) in [7, 11) is 0. The van der Waals surface area contributed by atoms with Crippen molar-refractivity contribution in [3.63, 3.8) is 0 Å². The van der Waals surface area contributed by atoms with Gasteiger partial charge in [0.15, 0.2) is 0 Å². The summed E-state index contributed by atoms with van der Waals surface area (Å²) in [6, 6.07) is 0. The topological polar surface area (TPSA) is 40.5 Å². The number of rotatable bonds is 11. The second-order valence-electron chi connectivity index (χ2n) is 4.43. The summed E-state index contributed by atoms with van der Waals surface area (Å²) in [5, 5.41) is 18.2. The van der Waals surface area contributed by atoms with Gasteiger partial charge in [0.1, 0.15) is 0 Å². The summed E-state index contributed by atoms with van der Waals surface area (Å²) in [5.41, 5.74) is 0. The molecule has 0 saturated carbocycles. The number of unbranched alkanes of at least 4 members (excludes halogenated alkanes) is 6. The summed E-state index contributed by atoms with van der Waals surface area (Å²) in [4.78, 5) is 0. The van der Waals surface area contributed by atoms with Crippen molar-refractivity contribution in [3.05, 3.63) is 0 Å². The first-order chi connectivity index (χ1) is 7.31. The van der Waals surface area contributed by atoms with E-state index in [1.807, 2.05) is 0 Å². The fourth-order valence-electron chi connectivity index (χ4n) is 1.80. The smallest absolute Gasteiger partial charge is 0.0540 e. The minimum Gasteiger partial charge on any atom is -0.396 e. The Kier molecular flexibility index (Phi) is 11.9. The molecule has 0 aromatic rings. The number of aliphatic hydroxyl groups is 2. The Morgan fingerprint density at radius 3 is 1.93 bits per heavy atom. The quantitative estimate of drug-likeness (QED) is 0.520. The Morgan fingerprint density at radius 2 is 1.33 bits per heavy atom. The van der Waals surface area contributed by atoms with Crippen LogP contribution in [0, 0.1) is 0 Å². The molecule has 0 aliphatic carbocycles. The van der Waals surface area contributed by atoms with E-state index >= 15 is 0 Å². The first-order valence-corrected chi connectivity index (χ1v) is 6.60. The highest BCUT2D eigenvalue weighted by Gasteiger charge is 2.02. The summed E-state index contributed by atoms with van der Waals surface area (Å²) >= 11 is 0. The third-order valence-electron chi connectivity index (χ3n) is 2.84. The maximum absolute atomic E-state index is 9.60. The Morgan fingerprint density at radius 1 is 0.800 bits per heavy atom. The van der Waals surface area contributed by atoms with Crippen molar-refractivity contribution in [2.75, 3.05) is 6.61 Å². The molecule has 0 fully saturated rings. The predicted molar refractivity (Wildman–Crippen MR) is 64.9 cm³/mol. The Bertz CT molecular complexity index is 115. The van der Waals surface area contributed by atoms with E-state index in [0.717, 1.165) is 32.1 Å². The standard InChI is InChI=1S/C13H28O2/c1-2-3-4-5-6-7-10-13(15)11-8-9-12-14/h13-15H,2-12H2,1H3. The van der Waals surface area contributed by atoms with Gasteiger partial charge in [0.25, 0.3) is 0 Å². The van der Waals surface area contributed by atoms with Crippen LogP contribution in [0.1, 0.15) is 71.1 Å². The summed E-state index contributed by atoms with van der Waals surface area (Å²) in [5.74, 6) is 0. The largest absolute Gasteiger partial charge is 0.396 e. The van der Waals surface area contributed by atoms with Gasteiger partial charge in [-0.1, -0.05) is 45.4 Å². The lowest BCUT2D eigenvalue weighted by Gasteiger charge is -2.09. The molecule has 0 heterocycles. The van der Waals surface area contributed by atoms with Crippen LogP contribution in [0.4, 0.5) is 0 Å². The van der Waals surface area contributed by atoms with E-state index in [1.54, 1.807) is 0 Å². The molecule has 0 rings (SSSR count). The van der Waals surface area contributed by atoms with Crippen molar-refractivity contribution in [2.45, 2.75) is 77.2 Å². The molecule has 1 unspecified atom stereocenters. The van der Waals surface area contributed by atoms with E-state index in [9.17, 15) is 5.11 Å². The van der Waals surface area contributed by atoms with E-state index < -0.39 is 0 Å². The molecule has 0 aliphatic rings. The molecule has 92 valence electrons. The van der Waals surface area contributed by atoms with Crippen molar-refractivity contribution in [1.82, 2.24) is 0 Å². The van der Waals surface area contributed by atoms with Crippen LogP contribution in [0.3, 0.4) is 0 Å². The molecular weight excluding hydrogens is 188 g/mol. The highest BCUT2D eigenvalue weighted by Crippen LogP contribution is 2.11. The molecular formula is C13H28O2. The average molecular weight is 216 g/mol. The number of aliphatic hydroxyl groups excluding tert-OH is 2. The summed E-state index contributed by atoms with van der Waals surface area (Å²) in [6.45, 7) is 2.48. The third-order valence-corrected chi connectivity index (χ3v) is 2.84. The lowest BCUT2D eigenvalue weighted by molar-refractivity contribution is 0.144. The van der Waals surface area contributed by atoms with Crippen molar-refractivity contribution >= 4 is 0 Å². The second kappa shape index (κ2) is 12.0. The fraction of sp³-hybridized carbons (Fsp3) is 1.00. The predicted octanol–water partition coefficient (Wildman–Crippen LogP) is 3.26. The Balaban J connectivity index is 3.06. The molecule has 0 aliphatic heterocycles. The van der Waals surface area contributed by atoms with Gasteiger partial charge in [-0.3, -0.25) is 0 Å². The van der Waals surface area contributed by atoms with Gasteiger partial charge in [-0.15, -0.1) is 0 Å². The minimum absolute atomic E-state index is 0.136. The van der Waals surface area contributed by atoms with E-state index in [4.69, 9.17) is 5.11 Å². The van der Waals surface area contributed by atoms with Gasteiger partial charge in [-0.05, 0) is 25.7 Å². The van der Waals surface area contributed by atoms with Crippen LogP contribution in [0.25, 0.3) is 0 Å². The molecule has 0 aromatic heterocycles. The summed E-state index contributed by atoms with van der Waals surface area (Å²) < 4.78 is 0. The van der Waals surface area contributed by atoms with E-state index in [1.165, 1.54) is 32.1 Å². The van der Waals surface area contributed by atoms with E-state index in [2.05, 4.69) is 6.92 Å². The van der Waals surface area contributed by atoms with Gasteiger partial charge < -0.3 is 10.2 Å². The van der Waals surface area contributed by atoms with Gasteiger partial charge >= 0.3 is 0 Å². The molecule has 2 N–H and O–H groups in total. The van der Waals surface area contributed by atoms with Crippen molar-refractivity contribution < 1.29 is 10.2 Å². The minimum atomic E-state index is -0.136. The summed E-state index contributed by atoms with van der Waals surface area (Å²) in [6.07, 6.45) is 11.2. The van der Waals surface area contributed by atoms with Gasteiger partial charge in [-0.25, -0.2) is 0 Å². The van der Waals surface area contributed by atoms with Gasteiger partial charge in [0.05, 0.1) is 6.10 Å². The number of hydrogen-bond acceptors (Lipinski definition) is 2. The maximum atomic E-state index is 9.60. The molecule has 0 spiro atoms. The second-order valence-corrected chi connectivity index (χ2v) is 4.43.